The average Bonchev–Trinajstić information content (AvgIpc) is 2.47. The first-order chi connectivity index (χ1) is 9.62. The third kappa shape index (κ3) is 3.96. The van der Waals surface area contributed by atoms with Crippen LogP contribution < -0.4 is 0 Å². The van der Waals surface area contributed by atoms with E-state index in [1.165, 1.54) is 10.4 Å². The second kappa shape index (κ2) is 6.74. The van der Waals surface area contributed by atoms with Crippen molar-refractivity contribution < 1.29 is 13.2 Å². The molecule has 1 unspecified atom stereocenters. The maximum Gasteiger partial charge on any atom is 0.235 e. The monoisotopic (exact) mass is 295 g/mol. The zero-order chi connectivity index (χ0) is 14.4. The molecule has 6 nitrogen and oxygen atoms in total. The first-order valence-electron chi connectivity index (χ1n) is 6.56. The maximum atomic E-state index is 12.3. The van der Waals surface area contributed by atoms with Gasteiger partial charge in [-0.25, -0.2) is 18.2 Å². The van der Waals surface area contributed by atoms with Gasteiger partial charge in [0, 0.05) is 31.4 Å². The van der Waals surface area contributed by atoms with E-state index in [2.05, 4.69) is 9.98 Å². The van der Waals surface area contributed by atoms with Gasteiger partial charge in [0.1, 0.15) is 0 Å². The number of aromatic nitrogens is 1. The van der Waals surface area contributed by atoms with Crippen LogP contribution in [0.5, 0.6) is 0 Å². The van der Waals surface area contributed by atoms with Gasteiger partial charge in [-0.2, -0.15) is 4.31 Å². The molecule has 0 N–H and O–H groups in total. The number of aryl methyl sites for hydroxylation is 1. The summed E-state index contributed by atoms with van der Waals surface area (Å²) >= 11 is 0. The Hall–Kier alpha value is -1.56. The molecule has 2 rings (SSSR count). The molecule has 20 heavy (non-hydrogen) atoms. The Balaban J connectivity index is 1.97. The minimum absolute atomic E-state index is 0.0293. The number of piperidine rings is 1. The van der Waals surface area contributed by atoms with E-state index in [9.17, 15) is 13.2 Å². The summed E-state index contributed by atoms with van der Waals surface area (Å²) in [6.45, 7) is 0.773. The highest BCUT2D eigenvalue weighted by Crippen LogP contribution is 2.17. The van der Waals surface area contributed by atoms with Gasteiger partial charge in [-0.3, -0.25) is 4.98 Å². The predicted molar refractivity (Wildman–Crippen MR) is 74.4 cm³/mol. The Kier molecular flexibility index (Phi) is 5.00. The van der Waals surface area contributed by atoms with E-state index in [1.54, 1.807) is 12.3 Å². The molecule has 0 aromatic carbocycles. The van der Waals surface area contributed by atoms with Crippen molar-refractivity contribution in [2.45, 2.75) is 25.3 Å². The molecule has 1 aromatic rings. The van der Waals surface area contributed by atoms with Crippen molar-refractivity contribution in [2.75, 3.05) is 18.8 Å². The molecule has 1 saturated heterocycles. The number of hydrogen-bond acceptors (Lipinski definition) is 5. The first-order valence-corrected chi connectivity index (χ1v) is 8.17. The van der Waals surface area contributed by atoms with E-state index >= 15 is 0 Å². The highest BCUT2D eigenvalue weighted by molar-refractivity contribution is 7.89. The van der Waals surface area contributed by atoms with Crippen molar-refractivity contribution in [1.82, 2.24) is 9.29 Å². The van der Waals surface area contributed by atoms with Gasteiger partial charge in [0.15, 0.2) is 0 Å². The Bertz CT molecular complexity index is 582. The van der Waals surface area contributed by atoms with E-state index in [0.29, 0.717) is 13.0 Å². The molecule has 1 aliphatic heterocycles. The van der Waals surface area contributed by atoms with Crippen LogP contribution in [0, 0.1) is 0 Å². The summed E-state index contributed by atoms with van der Waals surface area (Å²) in [6, 6.07) is 5.19. The van der Waals surface area contributed by atoms with Crippen LogP contribution in [0.15, 0.2) is 29.4 Å². The minimum Gasteiger partial charge on any atom is -0.261 e. The zero-order valence-electron chi connectivity index (χ0n) is 11.1. The van der Waals surface area contributed by atoms with Gasteiger partial charge in [0.05, 0.1) is 11.8 Å². The Morgan fingerprint density at radius 2 is 2.30 bits per heavy atom. The molecule has 7 heteroatoms. The summed E-state index contributed by atoms with van der Waals surface area (Å²) in [6.07, 6.45) is 5.01. The van der Waals surface area contributed by atoms with Gasteiger partial charge in [-0.05, 0) is 25.0 Å². The largest absolute Gasteiger partial charge is 0.261 e. The summed E-state index contributed by atoms with van der Waals surface area (Å²) in [4.78, 5) is 18.0. The summed E-state index contributed by atoms with van der Waals surface area (Å²) in [7, 11) is -3.33. The third-order valence-electron chi connectivity index (χ3n) is 3.33. The number of sulfonamides is 1. The second-order valence-electron chi connectivity index (χ2n) is 4.76. The maximum absolute atomic E-state index is 12.3. The summed E-state index contributed by atoms with van der Waals surface area (Å²) < 4.78 is 26.0. The zero-order valence-corrected chi connectivity index (χ0v) is 11.9. The van der Waals surface area contributed by atoms with Crippen LogP contribution in [0.4, 0.5) is 0 Å². The lowest BCUT2D eigenvalue weighted by atomic mass is 10.1. The second-order valence-corrected chi connectivity index (χ2v) is 6.85. The summed E-state index contributed by atoms with van der Waals surface area (Å²) in [5.74, 6) is 0.0293. The van der Waals surface area contributed by atoms with Crippen LogP contribution in [0.25, 0.3) is 0 Å². The van der Waals surface area contributed by atoms with Crippen molar-refractivity contribution in [2.24, 2.45) is 4.99 Å². The highest BCUT2D eigenvalue weighted by atomic mass is 32.2. The van der Waals surface area contributed by atoms with Gasteiger partial charge in [-0.1, -0.05) is 6.07 Å². The number of hydrogen-bond donors (Lipinski definition) is 0. The van der Waals surface area contributed by atoms with Crippen LogP contribution in [0.2, 0.25) is 0 Å². The summed E-state index contributed by atoms with van der Waals surface area (Å²) in [5.41, 5.74) is 0.760. The minimum atomic E-state index is -3.33. The van der Waals surface area contributed by atoms with Crippen molar-refractivity contribution in [3.63, 3.8) is 0 Å². The first kappa shape index (κ1) is 14.8. The molecule has 0 radical (unpaired) electrons. The van der Waals surface area contributed by atoms with Gasteiger partial charge >= 0.3 is 0 Å². The fraction of sp³-hybridized carbons (Fsp3) is 0.538. The van der Waals surface area contributed by atoms with Crippen LogP contribution in [-0.2, 0) is 21.2 Å². The van der Waals surface area contributed by atoms with Gasteiger partial charge in [0.25, 0.3) is 0 Å². The van der Waals surface area contributed by atoms with Crippen LogP contribution in [0.1, 0.15) is 18.5 Å². The topological polar surface area (TPSA) is 79.7 Å². The molecule has 108 valence electrons. The molecule has 1 atom stereocenters. The third-order valence-corrected chi connectivity index (χ3v) is 5.17. The highest BCUT2D eigenvalue weighted by Gasteiger charge is 2.28. The van der Waals surface area contributed by atoms with Crippen LogP contribution in [0.3, 0.4) is 0 Å². The normalized spacial score (nSPS) is 20.3. The number of nitrogens with zero attached hydrogens (tertiary/aromatic N) is 3. The molecule has 0 spiro atoms. The van der Waals surface area contributed by atoms with E-state index in [1.807, 2.05) is 12.1 Å². The molecular formula is C13H17N3O3S. The smallest absolute Gasteiger partial charge is 0.235 e. The number of carbonyl (C=O) groups excluding carboxylic acids is 1. The lowest BCUT2D eigenvalue weighted by Crippen LogP contribution is -2.42. The fourth-order valence-electron chi connectivity index (χ4n) is 2.26. The van der Waals surface area contributed by atoms with Crippen LogP contribution in [-0.4, -0.2) is 48.7 Å². The number of isocyanates is 1. The average molecular weight is 295 g/mol. The van der Waals surface area contributed by atoms with E-state index in [0.717, 1.165) is 18.5 Å². The number of rotatable bonds is 5. The molecule has 0 saturated carbocycles. The molecule has 1 aliphatic rings. The number of aliphatic imine (C=N–C) groups is 1. The molecule has 1 aromatic heterocycles. The quantitative estimate of drug-likeness (QED) is 0.593. The van der Waals surface area contributed by atoms with Gasteiger partial charge in [0.2, 0.25) is 16.1 Å². The molecule has 2 heterocycles. The Labute approximate surface area is 118 Å². The van der Waals surface area contributed by atoms with E-state index < -0.39 is 10.0 Å². The predicted octanol–water partition coefficient (Wildman–Crippen LogP) is 0.754. The Morgan fingerprint density at radius 3 is 3.00 bits per heavy atom. The van der Waals surface area contributed by atoms with Gasteiger partial charge in [-0.15, -0.1) is 0 Å². The fourth-order valence-corrected chi connectivity index (χ4v) is 3.79. The molecule has 0 bridgehead atoms. The number of pyridine rings is 1. The van der Waals surface area contributed by atoms with E-state index in [4.69, 9.17) is 0 Å². The van der Waals surface area contributed by atoms with Crippen molar-refractivity contribution in [3.8, 4) is 0 Å². The lowest BCUT2D eigenvalue weighted by molar-refractivity contribution is 0.316. The molecule has 0 aliphatic carbocycles. The Morgan fingerprint density at radius 1 is 1.45 bits per heavy atom. The molecular weight excluding hydrogens is 278 g/mol. The van der Waals surface area contributed by atoms with Crippen molar-refractivity contribution in [1.29, 1.82) is 0 Å². The van der Waals surface area contributed by atoms with Crippen LogP contribution >= 0.6 is 0 Å². The lowest BCUT2D eigenvalue weighted by Gasteiger charge is -2.29. The van der Waals surface area contributed by atoms with Crippen molar-refractivity contribution in [3.05, 3.63) is 30.1 Å². The van der Waals surface area contributed by atoms with Crippen molar-refractivity contribution >= 4 is 16.1 Å². The van der Waals surface area contributed by atoms with Gasteiger partial charge < -0.3 is 0 Å². The summed E-state index contributed by atoms with van der Waals surface area (Å²) in [5, 5.41) is 0. The molecule has 1 fully saturated rings. The SMILES string of the molecule is O=C=NC1CCCN(S(=O)(=O)CCc2ccccn2)C1. The van der Waals surface area contributed by atoms with E-state index in [-0.39, 0.29) is 18.3 Å². The molecule has 0 amide bonds. The standard InChI is InChI=1S/C13H17N3O3S/c17-11-15-13-5-3-8-16(10-13)20(18,19)9-6-12-4-1-2-7-14-12/h1-2,4,7,13H,3,5-6,8-10H2.